The van der Waals surface area contributed by atoms with E-state index in [0.29, 0.717) is 11.2 Å². The molecule has 0 radical (unpaired) electrons. The van der Waals surface area contributed by atoms with Gasteiger partial charge in [-0.2, -0.15) is 5.10 Å². The lowest BCUT2D eigenvalue weighted by Crippen LogP contribution is -2.26. The van der Waals surface area contributed by atoms with Crippen molar-refractivity contribution >= 4 is 40.7 Å². The maximum absolute atomic E-state index is 11.1. The van der Waals surface area contributed by atoms with Crippen molar-refractivity contribution in [3.63, 3.8) is 0 Å². The van der Waals surface area contributed by atoms with E-state index < -0.39 is 6.09 Å². The van der Waals surface area contributed by atoms with Gasteiger partial charge in [-0.3, -0.25) is 0 Å². The zero-order valence-electron chi connectivity index (χ0n) is 22.4. The smallest absolute Gasteiger partial charge is 0.404 e. The van der Waals surface area contributed by atoms with Gasteiger partial charge in [0.05, 0.1) is 9.88 Å². The number of hydrogen-bond acceptors (Lipinski definition) is 8. The minimum absolute atomic E-state index is 0.0349. The molecule has 3 heterocycles. The second kappa shape index (κ2) is 11.9. The van der Waals surface area contributed by atoms with Gasteiger partial charge in [0.2, 0.25) is 0 Å². The quantitative estimate of drug-likeness (QED) is 0.290. The van der Waals surface area contributed by atoms with Gasteiger partial charge in [0, 0.05) is 51.9 Å². The topological polar surface area (TPSA) is 104 Å². The molecule has 3 fully saturated rings. The molecule has 208 valence electrons. The first kappa shape index (κ1) is 26.7. The second-order valence-corrected chi connectivity index (χ2v) is 13.3. The fourth-order valence-corrected chi connectivity index (χ4v) is 8.29. The summed E-state index contributed by atoms with van der Waals surface area (Å²) in [4.78, 5) is 18.4. The summed E-state index contributed by atoms with van der Waals surface area (Å²) >= 11 is 3.79. The average Bonchev–Trinajstić information content (AvgIpc) is 3.54. The number of ether oxygens (including phenoxy) is 2. The molecular formula is C29H37N5O3S2. The van der Waals surface area contributed by atoms with Crippen LogP contribution in [-0.4, -0.2) is 38.8 Å². The first-order chi connectivity index (χ1) is 19.0. The Morgan fingerprint density at radius 3 is 2.69 bits per heavy atom. The number of carbonyl (C=O) groups is 1. The third kappa shape index (κ3) is 6.28. The van der Waals surface area contributed by atoms with Crippen LogP contribution in [0.2, 0.25) is 0 Å². The number of nitrogens with two attached hydrogens (primary N) is 1. The molecule has 1 amide bonds. The van der Waals surface area contributed by atoms with E-state index in [1.807, 2.05) is 22.6 Å². The SMILES string of the molecule is Cc1cc(Nc2ccc(-c3cnc(C4CCC(OC(N)=O)CC4)s3)c(SC3CCC3)c2)nn1C1CCCCO1. The van der Waals surface area contributed by atoms with Gasteiger partial charge in [0.25, 0.3) is 0 Å². The zero-order valence-corrected chi connectivity index (χ0v) is 24.1. The Bertz CT molecular complexity index is 1290. The van der Waals surface area contributed by atoms with E-state index in [1.165, 1.54) is 46.0 Å². The van der Waals surface area contributed by atoms with Crippen LogP contribution in [0.1, 0.15) is 87.1 Å². The summed E-state index contributed by atoms with van der Waals surface area (Å²) in [5, 5.41) is 10.2. The third-order valence-electron chi connectivity index (χ3n) is 8.05. The van der Waals surface area contributed by atoms with Gasteiger partial charge in [-0.25, -0.2) is 14.5 Å². The van der Waals surface area contributed by atoms with Crippen LogP contribution in [0, 0.1) is 6.92 Å². The summed E-state index contributed by atoms with van der Waals surface area (Å²) < 4.78 is 13.2. The molecule has 2 saturated carbocycles. The number of anilines is 2. The van der Waals surface area contributed by atoms with Crippen LogP contribution in [0.15, 0.2) is 35.4 Å². The number of hydrogen-bond donors (Lipinski definition) is 2. The van der Waals surface area contributed by atoms with Crippen molar-refractivity contribution in [3.8, 4) is 10.4 Å². The monoisotopic (exact) mass is 567 g/mol. The van der Waals surface area contributed by atoms with Gasteiger partial charge in [0.1, 0.15) is 6.10 Å². The highest BCUT2D eigenvalue weighted by Crippen LogP contribution is 2.45. The van der Waals surface area contributed by atoms with Crippen LogP contribution >= 0.6 is 23.1 Å². The largest absolute Gasteiger partial charge is 0.446 e. The number of amides is 1. The van der Waals surface area contributed by atoms with Gasteiger partial charge in [0.15, 0.2) is 12.0 Å². The number of carbonyl (C=O) groups excluding carboxylic acids is 1. The number of thioether (sulfide) groups is 1. The Balaban J connectivity index is 1.19. The van der Waals surface area contributed by atoms with E-state index in [9.17, 15) is 4.79 Å². The van der Waals surface area contributed by atoms with Crippen molar-refractivity contribution in [2.45, 2.75) is 99.5 Å². The molecule has 3 aliphatic rings. The molecular weight excluding hydrogens is 530 g/mol. The minimum Gasteiger partial charge on any atom is -0.446 e. The first-order valence-corrected chi connectivity index (χ1v) is 15.9. The Kier molecular flexibility index (Phi) is 8.13. The number of aryl methyl sites for hydroxylation is 1. The van der Waals surface area contributed by atoms with Crippen LogP contribution in [-0.2, 0) is 9.47 Å². The number of aromatic nitrogens is 3. The second-order valence-electron chi connectivity index (χ2n) is 10.9. The lowest BCUT2D eigenvalue weighted by molar-refractivity contribution is -0.0404. The van der Waals surface area contributed by atoms with E-state index in [1.54, 1.807) is 11.3 Å². The van der Waals surface area contributed by atoms with Crippen molar-refractivity contribution < 1.29 is 14.3 Å². The molecule has 1 aliphatic heterocycles. The lowest BCUT2D eigenvalue weighted by Gasteiger charge is -2.26. The summed E-state index contributed by atoms with van der Waals surface area (Å²) in [5.41, 5.74) is 8.62. The number of nitrogens with zero attached hydrogens (tertiary/aromatic N) is 3. The zero-order chi connectivity index (χ0) is 26.8. The summed E-state index contributed by atoms with van der Waals surface area (Å²) in [6.45, 7) is 2.90. The van der Waals surface area contributed by atoms with Crippen molar-refractivity contribution in [1.82, 2.24) is 14.8 Å². The Hall–Kier alpha value is -2.56. The highest BCUT2D eigenvalue weighted by Gasteiger charge is 2.27. The lowest BCUT2D eigenvalue weighted by atomic mass is 9.88. The van der Waals surface area contributed by atoms with Crippen molar-refractivity contribution in [3.05, 3.63) is 41.2 Å². The molecule has 2 aliphatic carbocycles. The van der Waals surface area contributed by atoms with Crippen LogP contribution in [0.3, 0.4) is 0 Å². The minimum atomic E-state index is -0.675. The molecule has 10 heteroatoms. The summed E-state index contributed by atoms with van der Waals surface area (Å²) in [6, 6.07) is 8.75. The Morgan fingerprint density at radius 2 is 1.97 bits per heavy atom. The number of benzene rings is 1. The first-order valence-electron chi connectivity index (χ1n) is 14.2. The molecule has 0 spiro atoms. The molecule has 39 heavy (non-hydrogen) atoms. The maximum atomic E-state index is 11.1. The summed E-state index contributed by atoms with van der Waals surface area (Å²) in [5.74, 6) is 1.26. The van der Waals surface area contributed by atoms with Crippen molar-refractivity contribution in [2.75, 3.05) is 11.9 Å². The molecule has 2 aromatic heterocycles. The normalized spacial score (nSPS) is 23.8. The summed E-state index contributed by atoms with van der Waals surface area (Å²) in [6.07, 6.45) is 12.1. The van der Waals surface area contributed by atoms with Gasteiger partial charge < -0.3 is 20.5 Å². The fourth-order valence-electron chi connectivity index (χ4n) is 5.67. The van der Waals surface area contributed by atoms with Crippen molar-refractivity contribution in [1.29, 1.82) is 0 Å². The number of primary amides is 1. The average molecular weight is 568 g/mol. The van der Waals surface area contributed by atoms with E-state index in [2.05, 4.69) is 36.5 Å². The highest BCUT2D eigenvalue weighted by molar-refractivity contribution is 8.00. The summed E-state index contributed by atoms with van der Waals surface area (Å²) in [7, 11) is 0. The highest BCUT2D eigenvalue weighted by atomic mass is 32.2. The Labute approximate surface area is 238 Å². The third-order valence-corrected chi connectivity index (χ3v) is 10.6. The standard InChI is InChI=1S/C29H37N5O3S2/c1-18-15-26(33-34(18)27-7-2-3-14-36-27)32-20-10-13-23(24(16-20)38-22-5-4-6-22)25-17-31-28(39-25)19-8-11-21(12-9-19)37-29(30)35/h10,13,15-17,19,21-22,27H,2-9,11-12,14H2,1H3,(H2,30,35)(H,32,33). The molecule has 1 saturated heterocycles. The van der Waals surface area contributed by atoms with Crippen LogP contribution in [0.4, 0.5) is 16.3 Å². The molecule has 1 atom stereocenters. The van der Waals surface area contributed by atoms with Crippen molar-refractivity contribution in [2.24, 2.45) is 5.73 Å². The predicted octanol–water partition coefficient (Wildman–Crippen LogP) is 7.52. The Morgan fingerprint density at radius 1 is 1.13 bits per heavy atom. The fraction of sp³-hybridized carbons (Fsp3) is 0.552. The van der Waals surface area contributed by atoms with E-state index in [4.69, 9.17) is 25.3 Å². The van der Waals surface area contributed by atoms with Crippen LogP contribution in [0.25, 0.3) is 10.4 Å². The van der Waals surface area contributed by atoms with E-state index in [-0.39, 0.29) is 12.3 Å². The molecule has 1 aromatic carbocycles. The maximum Gasteiger partial charge on any atom is 0.404 e. The van der Waals surface area contributed by atoms with E-state index in [0.717, 1.165) is 62.3 Å². The molecule has 6 rings (SSSR count). The van der Waals surface area contributed by atoms with Crippen LogP contribution in [0.5, 0.6) is 0 Å². The molecule has 8 nitrogen and oxygen atoms in total. The van der Waals surface area contributed by atoms with Crippen LogP contribution < -0.4 is 11.1 Å². The number of rotatable bonds is 8. The molecule has 3 aromatic rings. The van der Waals surface area contributed by atoms with Gasteiger partial charge in [-0.05, 0) is 76.8 Å². The number of nitrogens with one attached hydrogen (secondary N) is 1. The van der Waals surface area contributed by atoms with Gasteiger partial charge >= 0.3 is 6.09 Å². The van der Waals surface area contributed by atoms with Gasteiger partial charge in [-0.1, -0.05) is 12.5 Å². The predicted molar refractivity (Wildman–Crippen MR) is 156 cm³/mol. The van der Waals surface area contributed by atoms with E-state index >= 15 is 0 Å². The van der Waals surface area contributed by atoms with Gasteiger partial charge in [-0.15, -0.1) is 23.1 Å². The molecule has 0 bridgehead atoms. The molecule has 1 unspecified atom stereocenters. The molecule has 3 N–H and O–H groups in total. The number of thiazole rings is 1.